The van der Waals surface area contributed by atoms with Crippen LogP contribution in [0.4, 0.5) is 0 Å². The summed E-state index contributed by atoms with van der Waals surface area (Å²) in [5.74, 6) is -3.77. The van der Waals surface area contributed by atoms with E-state index in [1.807, 2.05) is 0 Å². The first kappa shape index (κ1) is 34.3. The molecule has 34 heavy (non-hydrogen) atoms. The fourth-order valence-corrected chi connectivity index (χ4v) is 3.19. The molecule has 0 saturated heterocycles. The largest absolute Gasteiger partial charge is 0.481 e. The average molecular weight is 518 g/mol. The quantitative estimate of drug-likeness (QED) is 0.0881. The van der Waals surface area contributed by atoms with Gasteiger partial charge in [-0.15, -0.1) is 0 Å². The molecule has 0 aromatic carbocycles. The molecule has 0 aliphatic carbocycles. The lowest BCUT2D eigenvalue weighted by Gasteiger charge is -2.19. The number of amides is 1. The first-order chi connectivity index (χ1) is 16.0. The van der Waals surface area contributed by atoms with Gasteiger partial charge < -0.3 is 20.4 Å². The SMILES string of the molecule is CCCCCCCCCCCC(=O)N(OCCO)OCCO.O=C(O)CC(C(=O)O)S(=O)(=O)O. The summed E-state index contributed by atoms with van der Waals surface area (Å²) in [6, 6.07) is 0. The van der Waals surface area contributed by atoms with Crippen LogP contribution in [0.3, 0.4) is 0 Å². The molecule has 0 rings (SSSR count). The van der Waals surface area contributed by atoms with E-state index in [-0.39, 0.29) is 32.3 Å². The second kappa shape index (κ2) is 21.7. The van der Waals surface area contributed by atoms with Crippen LogP contribution in [0.15, 0.2) is 0 Å². The van der Waals surface area contributed by atoms with E-state index >= 15 is 0 Å². The molecule has 0 radical (unpaired) electrons. The Morgan fingerprint density at radius 1 is 0.824 bits per heavy atom. The van der Waals surface area contributed by atoms with Crippen molar-refractivity contribution in [3.8, 4) is 0 Å². The lowest BCUT2D eigenvalue weighted by molar-refractivity contribution is -0.345. The van der Waals surface area contributed by atoms with Gasteiger partial charge in [0.25, 0.3) is 16.0 Å². The number of unbranched alkanes of at least 4 members (excludes halogenated alkanes) is 8. The molecule has 202 valence electrons. The Morgan fingerprint density at radius 2 is 1.26 bits per heavy atom. The summed E-state index contributed by atoms with van der Waals surface area (Å²) < 4.78 is 28.7. The van der Waals surface area contributed by atoms with Crippen LogP contribution < -0.4 is 0 Å². The molecule has 13 nitrogen and oxygen atoms in total. The van der Waals surface area contributed by atoms with Crippen LogP contribution in [0.25, 0.3) is 0 Å². The Kier molecular flexibility index (Phi) is 21.9. The van der Waals surface area contributed by atoms with Crippen molar-refractivity contribution in [2.75, 3.05) is 26.4 Å². The van der Waals surface area contributed by atoms with Gasteiger partial charge in [0, 0.05) is 6.42 Å². The maximum absolute atomic E-state index is 11.9. The Hall–Kier alpha value is -1.84. The number of aliphatic carboxylic acids is 2. The minimum atomic E-state index is -4.84. The molecule has 0 fully saturated rings. The van der Waals surface area contributed by atoms with Crippen LogP contribution in [-0.2, 0) is 34.2 Å². The molecule has 5 N–H and O–H groups in total. The fraction of sp³-hybridized carbons (Fsp3) is 0.850. The van der Waals surface area contributed by atoms with E-state index in [4.69, 9.17) is 34.7 Å². The van der Waals surface area contributed by atoms with Gasteiger partial charge in [0.1, 0.15) is 13.2 Å². The number of aliphatic hydroxyl groups excluding tert-OH is 2. The second-order valence-corrected chi connectivity index (χ2v) is 8.88. The van der Waals surface area contributed by atoms with Crippen LogP contribution in [0.5, 0.6) is 0 Å². The molecule has 0 aromatic heterocycles. The number of carbonyl (C=O) groups is 3. The van der Waals surface area contributed by atoms with Crippen molar-refractivity contribution in [1.29, 1.82) is 0 Å². The highest BCUT2D eigenvalue weighted by Crippen LogP contribution is 2.11. The molecule has 0 aliphatic heterocycles. The van der Waals surface area contributed by atoms with Gasteiger partial charge in [-0.1, -0.05) is 63.5 Å². The van der Waals surface area contributed by atoms with Crippen molar-refractivity contribution in [2.45, 2.75) is 82.8 Å². The van der Waals surface area contributed by atoms with Crippen LogP contribution >= 0.6 is 0 Å². The molecule has 0 spiro atoms. The molecule has 0 aliphatic rings. The van der Waals surface area contributed by atoms with Gasteiger partial charge in [-0.3, -0.25) is 18.9 Å². The number of carboxylic acids is 2. The predicted octanol–water partition coefficient (Wildman–Crippen LogP) is 1.39. The Bertz CT molecular complexity index is 648. The number of carbonyl (C=O) groups excluding carboxylic acids is 1. The molecule has 0 bridgehead atoms. The van der Waals surface area contributed by atoms with Gasteiger partial charge in [0.05, 0.1) is 19.6 Å². The fourth-order valence-electron chi connectivity index (χ4n) is 2.59. The number of hydrogen-bond donors (Lipinski definition) is 5. The van der Waals surface area contributed by atoms with Crippen molar-refractivity contribution >= 4 is 28.0 Å². The number of aliphatic hydroxyl groups is 2. The van der Waals surface area contributed by atoms with Crippen LogP contribution in [0, 0.1) is 0 Å². The maximum Gasteiger partial charge on any atom is 0.325 e. The summed E-state index contributed by atoms with van der Waals surface area (Å²) in [5, 5.41) is 32.1. The van der Waals surface area contributed by atoms with Crippen molar-refractivity contribution in [3.63, 3.8) is 0 Å². The van der Waals surface area contributed by atoms with Gasteiger partial charge in [-0.05, 0) is 6.42 Å². The monoisotopic (exact) mass is 517 g/mol. The van der Waals surface area contributed by atoms with E-state index in [0.29, 0.717) is 6.42 Å². The van der Waals surface area contributed by atoms with Crippen molar-refractivity contribution in [2.24, 2.45) is 0 Å². The lowest BCUT2D eigenvalue weighted by atomic mass is 10.1. The molecule has 1 amide bonds. The van der Waals surface area contributed by atoms with Crippen molar-refractivity contribution < 1.29 is 57.5 Å². The molecule has 0 heterocycles. The highest BCUT2D eigenvalue weighted by molar-refractivity contribution is 7.87. The summed E-state index contributed by atoms with van der Waals surface area (Å²) in [5.41, 5.74) is 0. The third-order valence-corrected chi connectivity index (χ3v) is 5.38. The zero-order chi connectivity index (χ0) is 26.4. The van der Waals surface area contributed by atoms with E-state index in [9.17, 15) is 22.8 Å². The maximum atomic E-state index is 11.9. The summed E-state index contributed by atoms with van der Waals surface area (Å²) in [6.45, 7) is 1.83. The summed E-state index contributed by atoms with van der Waals surface area (Å²) >= 11 is 0. The minimum Gasteiger partial charge on any atom is -0.481 e. The molecule has 1 unspecified atom stereocenters. The molecule has 1 atom stereocenters. The zero-order valence-electron chi connectivity index (χ0n) is 19.6. The first-order valence-electron chi connectivity index (χ1n) is 11.2. The summed E-state index contributed by atoms with van der Waals surface area (Å²) in [7, 11) is -4.84. The molecular formula is C20H39NO12S. The topological polar surface area (TPSA) is 208 Å². The molecular weight excluding hydrogens is 478 g/mol. The van der Waals surface area contributed by atoms with Crippen molar-refractivity contribution in [1.82, 2.24) is 5.23 Å². The second-order valence-electron chi connectivity index (χ2n) is 7.28. The van der Waals surface area contributed by atoms with E-state index in [1.54, 1.807) is 0 Å². The van der Waals surface area contributed by atoms with E-state index in [1.165, 1.54) is 38.5 Å². The average Bonchev–Trinajstić information content (AvgIpc) is 2.75. The van der Waals surface area contributed by atoms with Crippen LogP contribution in [0.2, 0.25) is 0 Å². The highest BCUT2D eigenvalue weighted by atomic mass is 32.2. The van der Waals surface area contributed by atoms with Gasteiger partial charge in [0.15, 0.2) is 5.25 Å². The van der Waals surface area contributed by atoms with E-state index in [2.05, 4.69) is 6.92 Å². The Balaban J connectivity index is 0. The van der Waals surface area contributed by atoms with E-state index in [0.717, 1.165) is 24.5 Å². The number of hydroxylamine groups is 2. The molecule has 14 heteroatoms. The summed E-state index contributed by atoms with van der Waals surface area (Å²) in [6.07, 6.45) is 9.90. The van der Waals surface area contributed by atoms with E-state index < -0.39 is 33.7 Å². The predicted molar refractivity (Wildman–Crippen MR) is 120 cm³/mol. The number of nitrogens with zero attached hydrogens (tertiary/aromatic N) is 1. The number of rotatable bonds is 20. The molecule has 0 aromatic rings. The molecule has 0 saturated carbocycles. The Morgan fingerprint density at radius 3 is 1.59 bits per heavy atom. The summed E-state index contributed by atoms with van der Waals surface area (Å²) in [4.78, 5) is 41.9. The van der Waals surface area contributed by atoms with Gasteiger partial charge in [0.2, 0.25) is 0 Å². The zero-order valence-corrected chi connectivity index (χ0v) is 20.4. The minimum absolute atomic E-state index is 0.00503. The third-order valence-electron chi connectivity index (χ3n) is 4.29. The van der Waals surface area contributed by atoms with Crippen LogP contribution in [-0.4, -0.2) is 88.1 Å². The van der Waals surface area contributed by atoms with Gasteiger partial charge >= 0.3 is 11.9 Å². The van der Waals surface area contributed by atoms with Gasteiger partial charge in [-0.2, -0.15) is 8.42 Å². The standard InChI is InChI=1S/C16H33NO5.C4H6O7S/c1-2-3-4-5-6-7-8-9-10-11-16(20)17(21-14-12-18)22-15-13-19;5-3(6)1-2(4(7)8)12(9,10)11/h18-19H,2-15H2,1H3;2H,1H2,(H,5,6)(H,7,8)(H,9,10,11). The third kappa shape index (κ3) is 20.7. The normalized spacial score (nSPS) is 11.9. The van der Waals surface area contributed by atoms with Crippen LogP contribution in [0.1, 0.15) is 77.6 Å². The first-order valence-corrected chi connectivity index (χ1v) is 12.7. The Labute approximate surface area is 200 Å². The number of carboxylic acid groups (broad SMARTS) is 2. The number of hydrogen-bond acceptors (Lipinski definition) is 9. The van der Waals surface area contributed by atoms with Gasteiger partial charge in [-0.25, -0.2) is 9.68 Å². The smallest absolute Gasteiger partial charge is 0.325 e. The highest BCUT2D eigenvalue weighted by Gasteiger charge is 2.33. The lowest BCUT2D eigenvalue weighted by Crippen LogP contribution is -2.33. The van der Waals surface area contributed by atoms with Crippen molar-refractivity contribution in [3.05, 3.63) is 0 Å².